The zero-order chi connectivity index (χ0) is 29.0. The Kier molecular flexibility index (Phi) is 10.6. The molecule has 4 aromatic carbocycles. The summed E-state index contributed by atoms with van der Waals surface area (Å²) in [4.78, 5) is 29.1. The van der Waals surface area contributed by atoms with E-state index < -0.39 is 6.04 Å². The van der Waals surface area contributed by atoms with Gasteiger partial charge in [-0.25, -0.2) is 0 Å². The van der Waals surface area contributed by atoms with Crippen LogP contribution in [-0.4, -0.2) is 44.1 Å². The second kappa shape index (κ2) is 14.8. The molecular formula is C33H33ClN2O5. The zero-order valence-electron chi connectivity index (χ0n) is 23.1. The van der Waals surface area contributed by atoms with Crippen LogP contribution in [0.1, 0.15) is 22.7 Å². The number of para-hydroxylation sites is 1. The highest BCUT2D eigenvalue weighted by Crippen LogP contribution is 2.27. The molecule has 0 saturated carbocycles. The fourth-order valence-electron chi connectivity index (χ4n) is 4.36. The summed E-state index contributed by atoms with van der Waals surface area (Å²) < 4.78 is 16.3. The molecule has 0 saturated heterocycles. The molecule has 41 heavy (non-hydrogen) atoms. The Morgan fingerprint density at radius 3 is 1.98 bits per heavy atom. The van der Waals surface area contributed by atoms with Crippen LogP contribution in [0.25, 0.3) is 0 Å². The van der Waals surface area contributed by atoms with Crippen LogP contribution < -0.4 is 19.5 Å². The molecule has 0 aliphatic heterocycles. The number of hydrogen-bond donors (Lipinski definition) is 1. The summed E-state index contributed by atoms with van der Waals surface area (Å²) in [5.41, 5.74) is 2.58. The first-order chi connectivity index (χ1) is 20.0. The van der Waals surface area contributed by atoms with E-state index in [1.54, 1.807) is 38.5 Å². The highest BCUT2D eigenvalue weighted by atomic mass is 35.5. The molecule has 7 nitrogen and oxygen atoms in total. The third-order valence-corrected chi connectivity index (χ3v) is 6.88. The number of halogens is 1. The molecule has 4 aromatic rings. The van der Waals surface area contributed by atoms with Crippen molar-refractivity contribution in [2.24, 2.45) is 0 Å². The maximum atomic E-state index is 13.8. The normalized spacial score (nSPS) is 11.3. The van der Waals surface area contributed by atoms with Crippen LogP contribution in [0, 0.1) is 0 Å². The quantitative estimate of drug-likeness (QED) is 0.217. The first-order valence-corrected chi connectivity index (χ1v) is 13.6. The summed E-state index contributed by atoms with van der Waals surface area (Å²) >= 11 is 6.25. The molecule has 0 unspecified atom stereocenters. The lowest BCUT2D eigenvalue weighted by Gasteiger charge is -2.31. The largest absolute Gasteiger partial charge is 0.497 e. The van der Waals surface area contributed by atoms with E-state index in [1.807, 2.05) is 78.9 Å². The molecule has 0 aromatic heterocycles. The van der Waals surface area contributed by atoms with E-state index in [0.717, 1.165) is 16.9 Å². The number of hydrogen-bond acceptors (Lipinski definition) is 5. The van der Waals surface area contributed by atoms with Crippen molar-refractivity contribution in [1.82, 2.24) is 10.2 Å². The Hall–Kier alpha value is -4.49. The fourth-order valence-corrected chi connectivity index (χ4v) is 4.55. The Bertz CT molecular complexity index is 1410. The van der Waals surface area contributed by atoms with Gasteiger partial charge in [0.2, 0.25) is 5.91 Å². The van der Waals surface area contributed by atoms with Crippen molar-refractivity contribution in [2.75, 3.05) is 27.4 Å². The van der Waals surface area contributed by atoms with Crippen LogP contribution in [0.5, 0.6) is 17.2 Å². The van der Waals surface area contributed by atoms with Gasteiger partial charge in [0.15, 0.2) is 6.61 Å². The average Bonchev–Trinajstić information content (AvgIpc) is 3.01. The fraction of sp³-hybridized carbons (Fsp3) is 0.212. The summed E-state index contributed by atoms with van der Waals surface area (Å²) in [5, 5.41) is 3.44. The Labute approximate surface area is 245 Å². The predicted molar refractivity (Wildman–Crippen MR) is 159 cm³/mol. The average molecular weight is 573 g/mol. The van der Waals surface area contributed by atoms with Crippen molar-refractivity contribution in [3.63, 3.8) is 0 Å². The third-order valence-electron chi connectivity index (χ3n) is 6.57. The van der Waals surface area contributed by atoms with Crippen LogP contribution in [-0.2, 0) is 22.6 Å². The van der Waals surface area contributed by atoms with E-state index in [9.17, 15) is 9.59 Å². The second-order valence-corrected chi connectivity index (χ2v) is 9.70. The number of carbonyl (C=O) groups excluding carboxylic acids is 2. The Morgan fingerprint density at radius 1 is 0.780 bits per heavy atom. The first-order valence-electron chi connectivity index (χ1n) is 13.2. The topological polar surface area (TPSA) is 77.1 Å². The van der Waals surface area contributed by atoms with E-state index in [2.05, 4.69) is 5.32 Å². The monoisotopic (exact) mass is 572 g/mol. The van der Waals surface area contributed by atoms with Gasteiger partial charge in [-0.1, -0.05) is 78.3 Å². The molecule has 8 heteroatoms. The predicted octanol–water partition coefficient (Wildman–Crippen LogP) is 5.87. The molecule has 212 valence electrons. The lowest BCUT2D eigenvalue weighted by molar-refractivity contribution is -0.143. The molecular weight excluding hydrogens is 540 g/mol. The molecule has 0 fully saturated rings. The minimum atomic E-state index is -0.892. The zero-order valence-corrected chi connectivity index (χ0v) is 23.8. The molecule has 0 radical (unpaired) electrons. The number of methoxy groups -OCH3 is 2. The number of benzene rings is 4. The Balaban J connectivity index is 1.58. The molecule has 4 rings (SSSR count). The van der Waals surface area contributed by atoms with Gasteiger partial charge in [0.25, 0.3) is 5.91 Å². The lowest BCUT2D eigenvalue weighted by Crippen LogP contribution is -2.45. The Morgan fingerprint density at radius 2 is 1.37 bits per heavy atom. The van der Waals surface area contributed by atoms with Crippen molar-refractivity contribution < 1.29 is 23.8 Å². The molecule has 0 aliphatic carbocycles. The first kappa shape index (κ1) is 29.5. The second-order valence-electron chi connectivity index (χ2n) is 9.29. The van der Waals surface area contributed by atoms with Crippen molar-refractivity contribution in [3.8, 4) is 17.2 Å². The minimum absolute atomic E-state index is 0.181. The number of ether oxygens (including phenoxy) is 3. The smallest absolute Gasteiger partial charge is 0.261 e. The lowest BCUT2D eigenvalue weighted by atomic mass is 10.0. The van der Waals surface area contributed by atoms with Crippen LogP contribution in [0.4, 0.5) is 0 Å². The van der Waals surface area contributed by atoms with Gasteiger partial charge in [0, 0.05) is 13.1 Å². The van der Waals surface area contributed by atoms with Gasteiger partial charge in [-0.05, 0) is 59.5 Å². The van der Waals surface area contributed by atoms with Crippen LogP contribution in [0.2, 0.25) is 5.02 Å². The van der Waals surface area contributed by atoms with Gasteiger partial charge < -0.3 is 24.4 Å². The van der Waals surface area contributed by atoms with Crippen LogP contribution >= 0.6 is 11.6 Å². The third kappa shape index (κ3) is 8.25. The van der Waals surface area contributed by atoms with Crippen LogP contribution in [0.3, 0.4) is 0 Å². The van der Waals surface area contributed by atoms with Crippen molar-refractivity contribution in [3.05, 3.63) is 125 Å². The molecule has 0 spiro atoms. The number of nitrogens with one attached hydrogen (secondary N) is 1. The molecule has 2 amide bonds. The summed E-state index contributed by atoms with van der Waals surface area (Å²) in [6, 6.07) is 30.4. The molecule has 1 N–H and O–H groups in total. The summed E-state index contributed by atoms with van der Waals surface area (Å²) in [7, 11) is 3.22. The molecule has 1 atom stereocenters. The van der Waals surface area contributed by atoms with E-state index in [4.69, 9.17) is 25.8 Å². The summed E-state index contributed by atoms with van der Waals surface area (Å²) in [6.45, 7) is 0.289. The number of amides is 2. The standard InChI is InChI=1S/C33H33ClN2O5/c1-39-27-16-12-24(13-17-27)20-21-35-33(38)32(26-8-4-3-5-9-26)36(22-25-14-18-28(40-2)19-15-25)31(37)23-41-30-11-7-6-10-29(30)34/h3-19,32H,20-23H2,1-2H3,(H,35,38)/t32-/m0/s1. The SMILES string of the molecule is COc1ccc(CCNC(=O)[C@H](c2ccccc2)N(Cc2ccc(OC)cc2)C(=O)COc2ccccc2Cl)cc1. The number of nitrogens with zero attached hydrogens (tertiary/aromatic N) is 1. The maximum absolute atomic E-state index is 13.8. The van der Waals surface area contributed by atoms with Gasteiger partial charge in [-0.3, -0.25) is 9.59 Å². The molecule has 0 aliphatic rings. The minimum Gasteiger partial charge on any atom is -0.497 e. The van der Waals surface area contributed by atoms with Gasteiger partial charge in [-0.2, -0.15) is 0 Å². The summed E-state index contributed by atoms with van der Waals surface area (Å²) in [5.74, 6) is 1.22. The highest BCUT2D eigenvalue weighted by molar-refractivity contribution is 6.32. The van der Waals surface area contributed by atoms with Crippen LogP contribution in [0.15, 0.2) is 103 Å². The molecule has 0 heterocycles. The van der Waals surface area contributed by atoms with Crippen molar-refractivity contribution in [1.29, 1.82) is 0 Å². The summed E-state index contributed by atoms with van der Waals surface area (Å²) in [6.07, 6.45) is 0.624. The van der Waals surface area contributed by atoms with Gasteiger partial charge in [0.05, 0.1) is 19.2 Å². The van der Waals surface area contributed by atoms with E-state index in [0.29, 0.717) is 35.1 Å². The van der Waals surface area contributed by atoms with E-state index in [-0.39, 0.29) is 25.0 Å². The molecule has 0 bridgehead atoms. The van der Waals surface area contributed by atoms with Gasteiger partial charge in [-0.15, -0.1) is 0 Å². The van der Waals surface area contributed by atoms with Crippen molar-refractivity contribution in [2.45, 2.75) is 19.0 Å². The van der Waals surface area contributed by atoms with Crippen molar-refractivity contribution >= 4 is 23.4 Å². The number of carbonyl (C=O) groups is 2. The van der Waals surface area contributed by atoms with Gasteiger partial charge >= 0.3 is 0 Å². The highest BCUT2D eigenvalue weighted by Gasteiger charge is 2.32. The van der Waals surface area contributed by atoms with Gasteiger partial charge in [0.1, 0.15) is 23.3 Å². The maximum Gasteiger partial charge on any atom is 0.261 e. The van der Waals surface area contributed by atoms with E-state index >= 15 is 0 Å². The number of rotatable bonds is 13. The van der Waals surface area contributed by atoms with E-state index in [1.165, 1.54) is 4.90 Å².